The number of hydrogen-bond donors (Lipinski definition) is 1. The van der Waals surface area contributed by atoms with Crippen LogP contribution in [0.25, 0.3) is 0 Å². The minimum Gasteiger partial charge on any atom is -0.453 e. The predicted octanol–water partition coefficient (Wildman–Crippen LogP) is 1.87. The van der Waals surface area contributed by atoms with Crippen LogP contribution in [0.1, 0.15) is 12.8 Å². The van der Waals surface area contributed by atoms with E-state index < -0.39 is 0 Å². The molecule has 1 aliphatic carbocycles. The molecule has 1 aromatic rings. The maximum absolute atomic E-state index is 11.4. The summed E-state index contributed by atoms with van der Waals surface area (Å²) in [4.78, 5) is 13.7. The normalized spacial score (nSPS) is 29.4. The lowest BCUT2D eigenvalue weighted by molar-refractivity contribution is 0.157. The van der Waals surface area contributed by atoms with Crippen LogP contribution in [0.2, 0.25) is 0 Å². The molecule has 2 fully saturated rings. The molecular formula is C11H15BrN4O2S. The van der Waals surface area contributed by atoms with Gasteiger partial charge in [0.05, 0.1) is 7.11 Å². The molecule has 6 nitrogen and oxygen atoms in total. The number of piperidine rings is 1. The largest absolute Gasteiger partial charge is 0.453 e. The van der Waals surface area contributed by atoms with Crippen LogP contribution in [-0.4, -0.2) is 42.5 Å². The van der Waals surface area contributed by atoms with Gasteiger partial charge in [-0.1, -0.05) is 11.3 Å². The van der Waals surface area contributed by atoms with Crippen LogP contribution >= 0.6 is 27.3 Å². The standard InChI is InChI=1S/C11H15BrN4O2S/c1-18-11(17)13-8-6-2-3-7(8)5-16(4-6)10-15-14-9(12)19-10/h6-8H,2-5H2,1H3,(H,13,17)/t6-,7+,8-. The Hall–Kier alpha value is -0.890. The molecule has 19 heavy (non-hydrogen) atoms. The number of anilines is 1. The van der Waals surface area contributed by atoms with Gasteiger partial charge in [-0.15, -0.1) is 10.2 Å². The van der Waals surface area contributed by atoms with Crippen molar-refractivity contribution >= 4 is 38.5 Å². The highest BCUT2D eigenvalue weighted by Crippen LogP contribution is 2.39. The second-order valence-electron chi connectivity index (χ2n) is 5.00. The third kappa shape index (κ3) is 2.55. The van der Waals surface area contributed by atoms with E-state index in [9.17, 15) is 4.79 Å². The smallest absolute Gasteiger partial charge is 0.407 e. The number of ether oxygens (including phenoxy) is 1. The first-order chi connectivity index (χ1) is 9.17. The number of hydrogen-bond acceptors (Lipinski definition) is 6. The Balaban J connectivity index is 1.69. The minimum absolute atomic E-state index is 0.236. The molecule has 104 valence electrons. The number of alkyl carbamates (subject to hydrolysis) is 1. The van der Waals surface area contributed by atoms with Gasteiger partial charge in [-0.3, -0.25) is 0 Å². The Morgan fingerprint density at radius 1 is 1.42 bits per heavy atom. The molecule has 0 aromatic carbocycles. The van der Waals surface area contributed by atoms with E-state index >= 15 is 0 Å². The lowest BCUT2D eigenvalue weighted by atomic mass is 9.92. The molecule has 8 heteroatoms. The molecular weight excluding hydrogens is 332 g/mol. The minimum atomic E-state index is -0.325. The lowest BCUT2D eigenvalue weighted by Gasteiger charge is -2.37. The molecule has 0 radical (unpaired) electrons. The first-order valence-corrected chi connectivity index (χ1v) is 7.86. The fourth-order valence-corrected chi connectivity index (χ4v) is 4.24. The van der Waals surface area contributed by atoms with E-state index in [4.69, 9.17) is 4.74 Å². The zero-order valence-corrected chi connectivity index (χ0v) is 12.9. The number of carbonyl (C=O) groups is 1. The number of aromatic nitrogens is 2. The highest BCUT2D eigenvalue weighted by molar-refractivity contribution is 9.11. The van der Waals surface area contributed by atoms with Crippen molar-refractivity contribution in [2.75, 3.05) is 25.1 Å². The molecule has 3 atom stereocenters. The Morgan fingerprint density at radius 3 is 2.63 bits per heavy atom. The predicted molar refractivity (Wildman–Crippen MR) is 75.4 cm³/mol. The van der Waals surface area contributed by atoms with Gasteiger partial charge in [0.2, 0.25) is 5.13 Å². The van der Waals surface area contributed by atoms with Crippen LogP contribution in [-0.2, 0) is 4.74 Å². The number of fused-ring (bicyclic) bond motifs is 2. The topological polar surface area (TPSA) is 67.3 Å². The van der Waals surface area contributed by atoms with E-state index in [1.54, 1.807) is 11.3 Å². The van der Waals surface area contributed by atoms with Gasteiger partial charge in [0, 0.05) is 19.1 Å². The zero-order valence-electron chi connectivity index (χ0n) is 10.5. The molecule has 0 spiro atoms. The molecule has 1 aromatic heterocycles. The molecule has 1 N–H and O–H groups in total. The summed E-state index contributed by atoms with van der Waals surface area (Å²) in [6.07, 6.45) is 1.97. The third-order valence-electron chi connectivity index (χ3n) is 3.96. The fraction of sp³-hybridized carbons (Fsp3) is 0.727. The van der Waals surface area contributed by atoms with Crippen molar-refractivity contribution in [1.29, 1.82) is 0 Å². The Morgan fingerprint density at radius 2 is 2.11 bits per heavy atom. The van der Waals surface area contributed by atoms with Gasteiger partial charge in [0.1, 0.15) is 0 Å². The van der Waals surface area contributed by atoms with E-state index in [0.29, 0.717) is 11.8 Å². The van der Waals surface area contributed by atoms with Crippen LogP contribution in [0.4, 0.5) is 9.93 Å². The second kappa shape index (κ2) is 5.24. The van der Waals surface area contributed by atoms with Crippen LogP contribution in [0.3, 0.4) is 0 Å². The summed E-state index contributed by atoms with van der Waals surface area (Å²) >= 11 is 4.90. The number of halogens is 1. The molecule has 3 rings (SSSR count). The summed E-state index contributed by atoms with van der Waals surface area (Å²) < 4.78 is 5.51. The van der Waals surface area contributed by atoms with Crippen LogP contribution in [0.15, 0.2) is 3.92 Å². The number of rotatable bonds is 2. The monoisotopic (exact) mass is 346 g/mol. The van der Waals surface area contributed by atoms with Gasteiger partial charge in [-0.25, -0.2) is 4.79 Å². The first kappa shape index (κ1) is 13.1. The molecule has 2 aliphatic rings. The Bertz CT molecular complexity index is 469. The second-order valence-corrected chi connectivity index (χ2v) is 7.23. The average molecular weight is 347 g/mol. The van der Waals surface area contributed by atoms with Crippen LogP contribution < -0.4 is 10.2 Å². The maximum Gasteiger partial charge on any atom is 0.407 e. The van der Waals surface area contributed by atoms with E-state index in [-0.39, 0.29) is 12.1 Å². The third-order valence-corrected chi connectivity index (χ3v) is 5.38. The number of nitrogens with one attached hydrogen (secondary N) is 1. The summed E-state index contributed by atoms with van der Waals surface area (Å²) in [6, 6.07) is 0.236. The summed E-state index contributed by atoms with van der Waals surface area (Å²) in [5.74, 6) is 0.945. The van der Waals surface area contributed by atoms with E-state index in [1.165, 1.54) is 7.11 Å². The Labute approximate surface area is 123 Å². The average Bonchev–Trinajstić information content (AvgIpc) is 2.91. The van der Waals surface area contributed by atoms with Crippen molar-refractivity contribution in [2.24, 2.45) is 11.8 Å². The van der Waals surface area contributed by atoms with E-state index in [2.05, 4.69) is 36.3 Å². The number of nitrogens with zero attached hydrogens (tertiary/aromatic N) is 3. The van der Waals surface area contributed by atoms with Gasteiger partial charge < -0.3 is 15.0 Å². The van der Waals surface area contributed by atoms with E-state index in [0.717, 1.165) is 35.0 Å². The molecule has 1 saturated heterocycles. The van der Waals surface area contributed by atoms with Gasteiger partial charge in [-0.05, 0) is 40.6 Å². The summed E-state index contributed by atoms with van der Waals surface area (Å²) in [5.41, 5.74) is 0. The van der Waals surface area contributed by atoms with Gasteiger partial charge in [0.15, 0.2) is 3.92 Å². The summed E-state index contributed by atoms with van der Waals surface area (Å²) in [6.45, 7) is 1.85. The lowest BCUT2D eigenvalue weighted by Crippen LogP contribution is -2.52. The summed E-state index contributed by atoms with van der Waals surface area (Å²) in [5, 5.41) is 12.1. The summed E-state index contributed by atoms with van der Waals surface area (Å²) in [7, 11) is 1.41. The van der Waals surface area contributed by atoms with Crippen molar-refractivity contribution in [3.63, 3.8) is 0 Å². The van der Waals surface area contributed by atoms with Crippen molar-refractivity contribution in [3.05, 3.63) is 3.92 Å². The van der Waals surface area contributed by atoms with Crippen LogP contribution in [0, 0.1) is 11.8 Å². The molecule has 1 saturated carbocycles. The van der Waals surface area contributed by atoms with Gasteiger partial charge in [0.25, 0.3) is 0 Å². The Kier molecular flexibility index (Phi) is 3.62. The van der Waals surface area contributed by atoms with Crippen molar-refractivity contribution in [3.8, 4) is 0 Å². The van der Waals surface area contributed by atoms with Gasteiger partial charge >= 0.3 is 6.09 Å². The number of amides is 1. The molecule has 1 amide bonds. The molecule has 2 bridgehead atoms. The van der Waals surface area contributed by atoms with Crippen LogP contribution in [0.5, 0.6) is 0 Å². The van der Waals surface area contributed by atoms with Crippen molar-refractivity contribution in [1.82, 2.24) is 15.5 Å². The van der Waals surface area contributed by atoms with E-state index in [1.807, 2.05) is 0 Å². The number of methoxy groups -OCH3 is 1. The highest BCUT2D eigenvalue weighted by Gasteiger charge is 2.43. The molecule has 1 aliphatic heterocycles. The molecule has 2 heterocycles. The fourth-order valence-electron chi connectivity index (χ4n) is 3.14. The SMILES string of the molecule is COC(=O)N[C@@H]1[C@@H]2CC[C@H]1CN(c1nnc(Br)s1)C2. The quantitative estimate of drug-likeness (QED) is 0.885. The van der Waals surface area contributed by atoms with Crippen molar-refractivity contribution in [2.45, 2.75) is 18.9 Å². The zero-order chi connectivity index (χ0) is 13.4. The highest BCUT2D eigenvalue weighted by atomic mass is 79.9. The number of carbonyl (C=O) groups excluding carboxylic acids is 1. The first-order valence-electron chi connectivity index (χ1n) is 6.26. The maximum atomic E-state index is 11.4. The van der Waals surface area contributed by atoms with Crippen molar-refractivity contribution < 1.29 is 9.53 Å². The van der Waals surface area contributed by atoms with Gasteiger partial charge in [-0.2, -0.15) is 0 Å². The molecule has 0 unspecified atom stereocenters.